The van der Waals surface area contributed by atoms with Crippen LogP contribution in [0.3, 0.4) is 0 Å². The molecule has 0 aliphatic carbocycles. The Morgan fingerprint density at radius 3 is 1.27 bits per heavy atom. The summed E-state index contributed by atoms with van der Waals surface area (Å²) in [5.41, 5.74) is 7.11. The third-order valence-corrected chi connectivity index (χ3v) is 5.74. The molecule has 3 rings (SSSR count). The molecule has 4 radical (unpaired) electrons. The molecule has 0 bridgehead atoms. The van der Waals surface area contributed by atoms with E-state index in [1.165, 1.54) is 82.1 Å². The molecule has 276 valence electrons. The number of aldehydes is 1. The van der Waals surface area contributed by atoms with Gasteiger partial charge in [0.2, 0.25) is 0 Å². The van der Waals surface area contributed by atoms with Crippen molar-refractivity contribution >= 4 is 105 Å². The number of nitrogens with zero attached hydrogens (tertiary/aromatic N) is 2. The summed E-state index contributed by atoms with van der Waals surface area (Å²) in [7, 11) is 0. The molecule has 0 saturated carbocycles. The first-order valence-electron chi connectivity index (χ1n) is 16.6. The fourth-order valence-electron chi connectivity index (χ4n) is 3.23. The van der Waals surface area contributed by atoms with E-state index in [0.29, 0.717) is 23.3 Å². The number of carbonyl (C=O) groups is 1. The number of phenolic OH excluding ortho intramolecular Hbond substituents is 3. The van der Waals surface area contributed by atoms with Gasteiger partial charge in [-0.1, -0.05) is 76.4 Å². The van der Waals surface area contributed by atoms with Crippen molar-refractivity contribution in [1.29, 1.82) is 0 Å². The molecule has 0 aromatic heterocycles. The number of hydrogen-bond donors (Lipinski definition) is 5. The number of benzene rings is 3. The first kappa shape index (κ1) is 67.3. The number of aromatic hydroxyl groups is 3. The molecule has 0 aliphatic rings. The van der Waals surface area contributed by atoms with E-state index in [2.05, 4.69) is 34.2 Å². The summed E-state index contributed by atoms with van der Waals surface area (Å²) in [6.07, 6.45) is 7.55. The molecule has 0 spiro atoms. The molecule has 0 aliphatic heterocycles. The van der Waals surface area contributed by atoms with Gasteiger partial charge in [-0.3, -0.25) is 13.9 Å². The molecular formula is C37H60BCuK3N3O5S. The zero-order valence-corrected chi connectivity index (χ0v) is 43.5. The van der Waals surface area contributed by atoms with Crippen molar-refractivity contribution < 1.29 is 104 Å². The second kappa shape index (κ2) is 51.6. The van der Waals surface area contributed by atoms with Crippen molar-refractivity contribution in [2.24, 2.45) is 5.73 Å². The number of para-hydroxylation sites is 3. The molecule has 0 amide bonds. The molecular weight excluding hydrogens is 790 g/mol. The zero-order chi connectivity index (χ0) is 36.3. The molecule has 6 N–H and O–H groups in total. The average molecular weight is 851 g/mol. The Hall–Kier alpha value is 1.57. The third kappa shape index (κ3) is 42.6. The fraction of sp³-hybridized carbons (Fsp3) is 0.378. The van der Waals surface area contributed by atoms with Crippen molar-refractivity contribution in [2.45, 2.75) is 66.2 Å². The molecule has 8 nitrogen and oxygen atoms in total. The van der Waals surface area contributed by atoms with Crippen molar-refractivity contribution in [1.82, 2.24) is 0 Å². The van der Waals surface area contributed by atoms with Crippen LogP contribution < -0.4 is 57.1 Å². The van der Waals surface area contributed by atoms with Gasteiger partial charge in [0.05, 0.1) is 32.1 Å². The Balaban J connectivity index is -0.0000000801. The fourth-order valence-corrected chi connectivity index (χ4v) is 3.23. The first-order valence-corrected chi connectivity index (χ1v) is 32.6. The summed E-state index contributed by atoms with van der Waals surface area (Å²) in [5.74, 6) is 0.641. The molecule has 0 unspecified atom stereocenters. The summed E-state index contributed by atoms with van der Waals surface area (Å²) in [6, 6.07) is 20.9. The van der Waals surface area contributed by atoms with Crippen molar-refractivity contribution in [3.8, 4) is 17.2 Å². The summed E-state index contributed by atoms with van der Waals surface area (Å²) < 4.78 is 3.72. The normalized spacial score (nSPS) is 8.27. The monoisotopic (exact) mass is 849 g/mol. The molecule has 51 heavy (non-hydrogen) atoms. The topological polar surface area (TPSA) is 130 Å². The molecule has 3 aromatic carbocycles. The maximum atomic E-state index is 10.1. The molecule has 14 heteroatoms. The maximum absolute atomic E-state index is 10.1. The van der Waals surface area contributed by atoms with Crippen LogP contribution >= 0.6 is 13.5 Å². The van der Waals surface area contributed by atoms with Crippen LogP contribution in [0.25, 0.3) is 0 Å². The van der Waals surface area contributed by atoms with Crippen LogP contribution in [0, 0.1) is 13.1 Å². The molecule has 0 atom stereocenters. The van der Waals surface area contributed by atoms with Crippen molar-refractivity contribution in [2.75, 3.05) is 26.2 Å². The number of unbranched alkanes of at least 4 members (excludes halogenated alkanes) is 3. The number of aliphatic hydroxyl groups excluding tert-OH is 1. The number of nitrogens with two attached hydrogens (primary N) is 1. The Morgan fingerprint density at radius 1 is 0.725 bits per heavy atom. The quantitative estimate of drug-likeness (QED) is 0.0592. The van der Waals surface area contributed by atoms with Crippen LogP contribution in [0.4, 0.5) is 0 Å². The van der Waals surface area contributed by atoms with Crippen LogP contribution in [0.15, 0.2) is 72.8 Å². The van der Waals surface area contributed by atoms with E-state index in [-0.39, 0.29) is 104 Å². The van der Waals surface area contributed by atoms with Gasteiger partial charge in [0.1, 0.15) is 18.8 Å². The van der Waals surface area contributed by atoms with Crippen LogP contribution in [0.5, 0.6) is 17.2 Å². The number of hydrogen-bond acceptors (Lipinski definition) is 6. The second-order valence-corrected chi connectivity index (χ2v) is 9.84. The summed E-state index contributed by atoms with van der Waals surface area (Å²) in [4.78, 5) is 10.1. The van der Waals surface area contributed by atoms with Gasteiger partial charge in [-0.25, -0.2) is 0 Å². The van der Waals surface area contributed by atoms with Gasteiger partial charge >= 0.3 is 115 Å². The van der Waals surface area contributed by atoms with Gasteiger partial charge in [0.15, 0.2) is 6.29 Å². The summed E-state index contributed by atoms with van der Waals surface area (Å²) in [6.45, 7) is 22.5. The van der Waals surface area contributed by atoms with Crippen LogP contribution in [-0.2, 0) is 17.1 Å². The van der Waals surface area contributed by atoms with Gasteiger partial charge in [-0.2, -0.15) is 13.5 Å². The average Bonchev–Trinajstić information content (AvgIpc) is 3.08. The third-order valence-electron chi connectivity index (χ3n) is 5.74. The van der Waals surface area contributed by atoms with Crippen LogP contribution in [-0.4, -0.2) is 147 Å². The number of rotatable bonds is 13. The SMILES string of the molecule is C=[N+]([CH-]c1ccccc1O)CCCC.C=[N+]([CH-]c1ccccc1O)CCCC.CCCCN.CCO.O=Cc1ccccc1O.S.[B].[Cu].[H-].[K+].[K][K]. The number of carbonyl (C=O) groups excluding carboxylic acids is 1. The van der Waals surface area contributed by atoms with Gasteiger partial charge in [0, 0.05) is 56.4 Å². The predicted molar refractivity (Wildman–Crippen MR) is 216 cm³/mol. The van der Waals surface area contributed by atoms with Gasteiger partial charge in [-0.05, 0) is 43.1 Å². The van der Waals surface area contributed by atoms with E-state index in [1.54, 1.807) is 37.3 Å². The van der Waals surface area contributed by atoms with E-state index in [1.807, 2.05) is 58.6 Å². The van der Waals surface area contributed by atoms with Gasteiger partial charge in [0.25, 0.3) is 0 Å². The predicted octanol–water partition coefficient (Wildman–Crippen LogP) is 2.86. The number of phenols is 3. The van der Waals surface area contributed by atoms with Crippen LogP contribution in [0.1, 0.15) is 89.1 Å². The van der Waals surface area contributed by atoms with E-state index < -0.39 is 0 Å². The molecule has 0 saturated heterocycles. The summed E-state index contributed by atoms with van der Waals surface area (Å²) >= 11 is 2.50. The molecule has 3 aromatic rings. The molecule has 0 heterocycles. The van der Waals surface area contributed by atoms with E-state index >= 15 is 0 Å². The first-order chi connectivity index (χ1) is 22.6. The standard InChI is InChI=1S/2C12H17NO.C7H6O2.C4H11N.C2H6O.B.Cu.3K.H2S.H/c2*1-3-4-9-13(2)10-11-7-5-6-8-12(11)14;8-5-6-3-1-2-4-7(6)9;1-2-3-4-5;1-2-3;;;;;;;/h2*5-8,10,14H,2-4,9H2,1H3;1-5,9H;2-5H2,1H3;3H,2H2,1H3;;;;;;1H2;/q;;;;;;;;;+1;;-1. The minimum atomic E-state index is 0. The minimum absolute atomic E-state index is 0. The zero-order valence-electron chi connectivity index (χ0n) is 33.2. The van der Waals surface area contributed by atoms with Crippen molar-refractivity contribution in [3.05, 3.63) is 103 Å². The van der Waals surface area contributed by atoms with E-state index in [9.17, 15) is 15.0 Å². The Kier molecular flexibility index (Phi) is 68.1. The Bertz CT molecular complexity index is 1160. The van der Waals surface area contributed by atoms with Crippen LogP contribution in [0.2, 0.25) is 0 Å². The Morgan fingerprint density at radius 2 is 1.04 bits per heavy atom. The van der Waals surface area contributed by atoms with E-state index in [0.717, 1.165) is 56.4 Å². The van der Waals surface area contributed by atoms with Gasteiger partial charge < -0.3 is 27.6 Å². The summed E-state index contributed by atoms with van der Waals surface area (Å²) in [5, 5.41) is 35.4. The van der Waals surface area contributed by atoms with Crippen molar-refractivity contribution in [3.63, 3.8) is 0 Å². The number of aliphatic hydroxyl groups is 1. The van der Waals surface area contributed by atoms with Gasteiger partial charge in [-0.15, -0.1) is 24.3 Å². The Labute approximate surface area is 418 Å². The van der Waals surface area contributed by atoms with E-state index in [4.69, 9.17) is 15.9 Å². The second-order valence-electron chi connectivity index (χ2n) is 9.84. The molecule has 0 fully saturated rings.